The van der Waals surface area contributed by atoms with Crippen LogP contribution in [0, 0.1) is 5.92 Å². The predicted octanol–water partition coefficient (Wildman–Crippen LogP) is 2.76. The number of carbonyl (C=O) groups is 2. The van der Waals surface area contributed by atoms with Gasteiger partial charge in [0, 0.05) is 20.0 Å². The van der Waals surface area contributed by atoms with Gasteiger partial charge in [-0.2, -0.15) is 0 Å². The highest BCUT2D eigenvalue weighted by Gasteiger charge is 2.13. The van der Waals surface area contributed by atoms with Crippen LogP contribution >= 0.6 is 0 Å². The number of benzene rings is 1. The van der Waals surface area contributed by atoms with Crippen LogP contribution in [0.15, 0.2) is 24.3 Å². The molecular formula is C14H21N3O2. The molecule has 19 heavy (non-hydrogen) atoms. The van der Waals surface area contributed by atoms with Crippen molar-refractivity contribution >= 4 is 23.3 Å². The number of anilines is 2. The number of urea groups is 1. The van der Waals surface area contributed by atoms with Gasteiger partial charge in [0.2, 0.25) is 5.91 Å². The third-order valence-corrected chi connectivity index (χ3v) is 2.89. The standard InChI is InChI=1S/C14H21N3O2/c1-5-10(2)13(18)15-11-8-6-7-9-12(11)16-14(19)17(3)4/h6-10H,5H2,1-4H3,(H,15,18)(H,16,19)/t10-/m0/s1. The topological polar surface area (TPSA) is 61.4 Å². The van der Waals surface area contributed by atoms with Crippen LogP contribution in [0.1, 0.15) is 20.3 Å². The number of hydrogen-bond donors (Lipinski definition) is 2. The third-order valence-electron chi connectivity index (χ3n) is 2.89. The van der Waals surface area contributed by atoms with E-state index < -0.39 is 0 Å². The van der Waals surface area contributed by atoms with Gasteiger partial charge in [0.05, 0.1) is 11.4 Å². The van der Waals surface area contributed by atoms with E-state index in [0.717, 1.165) is 6.42 Å². The van der Waals surface area contributed by atoms with Crippen molar-refractivity contribution in [1.29, 1.82) is 0 Å². The van der Waals surface area contributed by atoms with Crippen LogP contribution in [0.5, 0.6) is 0 Å². The van der Waals surface area contributed by atoms with E-state index >= 15 is 0 Å². The minimum atomic E-state index is -0.231. The summed E-state index contributed by atoms with van der Waals surface area (Å²) >= 11 is 0. The van der Waals surface area contributed by atoms with Gasteiger partial charge < -0.3 is 15.5 Å². The van der Waals surface area contributed by atoms with Gasteiger partial charge in [0.25, 0.3) is 0 Å². The Morgan fingerprint density at radius 3 is 2.16 bits per heavy atom. The smallest absolute Gasteiger partial charge is 0.321 e. The van der Waals surface area contributed by atoms with E-state index in [-0.39, 0.29) is 17.9 Å². The minimum Gasteiger partial charge on any atom is -0.331 e. The first-order valence-electron chi connectivity index (χ1n) is 6.34. The molecule has 5 heteroatoms. The van der Waals surface area contributed by atoms with E-state index in [1.54, 1.807) is 26.2 Å². The number of amides is 3. The highest BCUT2D eigenvalue weighted by Crippen LogP contribution is 2.22. The maximum absolute atomic E-state index is 11.9. The number of carbonyl (C=O) groups excluding carboxylic acids is 2. The number of nitrogens with zero attached hydrogens (tertiary/aromatic N) is 1. The molecule has 1 aromatic carbocycles. The molecule has 5 nitrogen and oxygen atoms in total. The summed E-state index contributed by atoms with van der Waals surface area (Å²) in [6.07, 6.45) is 0.776. The van der Waals surface area contributed by atoms with Crippen molar-refractivity contribution in [2.75, 3.05) is 24.7 Å². The number of hydrogen-bond acceptors (Lipinski definition) is 2. The molecule has 0 saturated carbocycles. The Kier molecular flexibility index (Phi) is 5.36. The second kappa shape index (κ2) is 6.78. The van der Waals surface area contributed by atoms with Crippen LogP contribution < -0.4 is 10.6 Å². The zero-order valence-electron chi connectivity index (χ0n) is 11.9. The Morgan fingerprint density at radius 1 is 1.16 bits per heavy atom. The van der Waals surface area contributed by atoms with Crippen molar-refractivity contribution in [3.05, 3.63) is 24.3 Å². The Labute approximate surface area is 114 Å². The lowest BCUT2D eigenvalue weighted by Crippen LogP contribution is -2.28. The molecule has 0 saturated heterocycles. The number of rotatable bonds is 4. The molecule has 2 N–H and O–H groups in total. The Bertz CT molecular complexity index is 458. The highest BCUT2D eigenvalue weighted by molar-refractivity contribution is 5.99. The molecule has 1 rings (SSSR count). The van der Waals surface area contributed by atoms with Gasteiger partial charge in [-0.1, -0.05) is 26.0 Å². The molecule has 1 aromatic rings. The van der Waals surface area contributed by atoms with Crippen LogP contribution in [0.25, 0.3) is 0 Å². The molecule has 0 fully saturated rings. The van der Waals surface area contributed by atoms with Crippen LogP contribution in [-0.4, -0.2) is 30.9 Å². The fourth-order valence-corrected chi connectivity index (χ4v) is 1.37. The van der Waals surface area contributed by atoms with Crippen LogP contribution in [-0.2, 0) is 4.79 Å². The van der Waals surface area contributed by atoms with Gasteiger partial charge in [0.1, 0.15) is 0 Å². The molecule has 0 bridgehead atoms. The average Bonchev–Trinajstić information content (AvgIpc) is 2.39. The number of nitrogens with one attached hydrogen (secondary N) is 2. The molecule has 0 aliphatic heterocycles. The summed E-state index contributed by atoms with van der Waals surface area (Å²) in [6.45, 7) is 3.83. The molecule has 0 aromatic heterocycles. The van der Waals surface area contributed by atoms with Crippen molar-refractivity contribution in [1.82, 2.24) is 4.90 Å². The van der Waals surface area contributed by atoms with Gasteiger partial charge in [-0.15, -0.1) is 0 Å². The van der Waals surface area contributed by atoms with E-state index in [9.17, 15) is 9.59 Å². The molecular weight excluding hydrogens is 242 g/mol. The molecule has 0 aliphatic rings. The third kappa shape index (κ3) is 4.28. The summed E-state index contributed by atoms with van der Waals surface area (Å²) < 4.78 is 0. The molecule has 0 radical (unpaired) electrons. The van der Waals surface area contributed by atoms with Gasteiger partial charge in [-0.25, -0.2) is 4.79 Å². The molecule has 0 unspecified atom stereocenters. The van der Waals surface area contributed by atoms with E-state index in [0.29, 0.717) is 11.4 Å². The zero-order valence-corrected chi connectivity index (χ0v) is 11.9. The van der Waals surface area contributed by atoms with Crippen molar-refractivity contribution in [3.8, 4) is 0 Å². The molecule has 104 valence electrons. The Morgan fingerprint density at radius 2 is 1.68 bits per heavy atom. The molecule has 3 amide bonds. The normalized spacial score (nSPS) is 11.6. The fourth-order valence-electron chi connectivity index (χ4n) is 1.37. The first kappa shape index (κ1) is 15.0. The van der Waals surface area contributed by atoms with Crippen molar-refractivity contribution in [3.63, 3.8) is 0 Å². The molecule has 0 aliphatic carbocycles. The number of para-hydroxylation sites is 2. The summed E-state index contributed by atoms with van der Waals surface area (Å²) in [4.78, 5) is 25.0. The first-order valence-corrected chi connectivity index (χ1v) is 6.34. The van der Waals surface area contributed by atoms with Gasteiger partial charge in [-0.3, -0.25) is 4.79 Å². The summed E-state index contributed by atoms with van der Waals surface area (Å²) in [7, 11) is 3.32. The lowest BCUT2D eigenvalue weighted by molar-refractivity contribution is -0.119. The monoisotopic (exact) mass is 263 g/mol. The Hall–Kier alpha value is -2.04. The summed E-state index contributed by atoms with van der Waals surface area (Å²) in [5.74, 6) is -0.105. The average molecular weight is 263 g/mol. The van der Waals surface area contributed by atoms with Gasteiger partial charge in [-0.05, 0) is 18.6 Å². The van der Waals surface area contributed by atoms with Gasteiger partial charge >= 0.3 is 6.03 Å². The van der Waals surface area contributed by atoms with E-state index in [4.69, 9.17) is 0 Å². The summed E-state index contributed by atoms with van der Waals surface area (Å²) in [5, 5.41) is 5.58. The Balaban J connectivity index is 2.84. The SMILES string of the molecule is CC[C@H](C)C(=O)Nc1ccccc1NC(=O)N(C)C. The van der Waals surface area contributed by atoms with Crippen LogP contribution in [0.4, 0.5) is 16.2 Å². The maximum Gasteiger partial charge on any atom is 0.321 e. The van der Waals surface area contributed by atoms with E-state index in [1.165, 1.54) is 4.90 Å². The highest BCUT2D eigenvalue weighted by atomic mass is 16.2. The summed E-state index contributed by atoms with van der Waals surface area (Å²) in [5.41, 5.74) is 1.21. The summed E-state index contributed by atoms with van der Waals surface area (Å²) in [6, 6.07) is 6.92. The molecule has 0 spiro atoms. The second-order valence-electron chi connectivity index (χ2n) is 4.67. The van der Waals surface area contributed by atoms with Gasteiger partial charge in [0.15, 0.2) is 0 Å². The van der Waals surface area contributed by atoms with E-state index in [1.807, 2.05) is 26.0 Å². The quantitative estimate of drug-likeness (QED) is 0.877. The van der Waals surface area contributed by atoms with Crippen molar-refractivity contribution in [2.45, 2.75) is 20.3 Å². The zero-order chi connectivity index (χ0) is 14.4. The maximum atomic E-state index is 11.9. The van der Waals surface area contributed by atoms with Crippen molar-refractivity contribution < 1.29 is 9.59 Å². The molecule has 1 atom stereocenters. The minimum absolute atomic E-state index is 0.0472. The lowest BCUT2D eigenvalue weighted by Gasteiger charge is -2.16. The largest absolute Gasteiger partial charge is 0.331 e. The lowest BCUT2D eigenvalue weighted by atomic mass is 10.1. The predicted molar refractivity (Wildman–Crippen MR) is 77.2 cm³/mol. The fraction of sp³-hybridized carbons (Fsp3) is 0.429. The van der Waals surface area contributed by atoms with Crippen LogP contribution in [0.3, 0.4) is 0 Å². The molecule has 0 heterocycles. The van der Waals surface area contributed by atoms with E-state index in [2.05, 4.69) is 10.6 Å². The first-order chi connectivity index (χ1) is 8.95. The second-order valence-corrected chi connectivity index (χ2v) is 4.67. The van der Waals surface area contributed by atoms with Crippen LogP contribution in [0.2, 0.25) is 0 Å². The van der Waals surface area contributed by atoms with Crippen molar-refractivity contribution in [2.24, 2.45) is 5.92 Å².